The Bertz CT molecular complexity index is 571. The summed E-state index contributed by atoms with van der Waals surface area (Å²) < 4.78 is 12.5. The van der Waals surface area contributed by atoms with Crippen molar-refractivity contribution in [2.75, 3.05) is 53.1 Å². The van der Waals surface area contributed by atoms with Gasteiger partial charge >= 0.3 is 0 Å². The second kappa shape index (κ2) is 8.73. The predicted molar refractivity (Wildman–Crippen MR) is 92.1 cm³/mol. The van der Waals surface area contributed by atoms with Crippen LogP contribution in [0, 0.1) is 0 Å². The van der Waals surface area contributed by atoms with E-state index in [0.29, 0.717) is 13.0 Å². The first kappa shape index (κ1) is 18.3. The van der Waals surface area contributed by atoms with Gasteiger partial charge in [0, 0.05) is 46.3 Å². The smallest absolute Gasteiger partial charge is 0.224 e. The standard InChI is InChI=1S/C17H29N5O3/c1-20-15(13-21-7-10-25-11-8-21)18-19-17(20)14-4-3-6-22(12-14)16(23)5-9-24-2/h14H,3-13H2,1-2H3/t14-/m1/s1. The minimum atomic E-state index is 0.169. The van der Waals surface area contributed by atoms with Gasteiger partial charge < -0.3 is 18.9 Å². The molecule has 0 spiro atoms. The molecule has 0 unspecified atom stereocenters. The maximum atomic E-state index is 12.3. The molecule has 0 aliphatic carbocycles. The first-order valence-corrected chi connectivity index (χ1v) is 9.14. The van der Waals surface area contributed by atoms with Crippen molar-refractivity contribution in [3.8, 4) is 0 Å². The zero-order chi connectivity index (χ0) is 17.6. The van der Waals surface area contributed by atoms with Gasteiger partial charge in [0.1, 0.15) is 11.6 Å². The number of likely N-dealkylation sites (tertiary alicyclic amines) is 1. The van der Waals surface area contributed by atoms with Crippen LogP contribution in [0.5, 0.6) is 0 Å². The Hall–Kier alpha value is -1.51. The van der Waals surface area contributed by atoms with E-state index in [9.17, 15) is 4.79 Å². The Morgan fingerprint density at radius 3 is 2.84 bits per heavy atom. The fraction of sp³-hybridized carbons (Fsp3) is 0.824. The van der Waals surface area contributed by atoms with Gasteiger partial charge in [0.15, 0.2) is 0 Å². The zero-order valence-corrected chi connectivity index (χ0v) is 15.3. The molecule has 0 saturated carbocycles. The third kappa shape index (κ3) is 4.56. The van der Waals surface area contributed by atoms with Crippen LogP contribution < -0.4 is 0 Å². The molecule has 1 amide bonds. The molecule has 140 valence electrons. The van der Waals surface area contributed by atoms with Gasteiger partial charge in [-0.2, -0.15) is 0 Å². The number of morpholine rings is 1. The molecule has 2 aliphatic heterocycles. The first-order chi connectivity index (χ1) is 12.2. The largest absolute Gasteiger partial charge is 0.384 e. The van der Waals surface area contributed by atoms with Crippen molar-refractivity contribution >= 4 is 5.91 Å². The number of rotatable bonds is 6. The van der Waals surface area contributed by atoms with E-state index in [1.54, 1.807) is 7.11 Å². The lowest BCUT2D eigenvalue weighted by Crippen LogP contribution is -2.40. The van der Waals surface area contributed by atoms with Gasteiger partial charge in [-0.3, -0.25) is 9.69 Å². The number of ether oxygens (including phenoxy) is 2. The van der Waals surface area contributed by atoms with Crippen molar-refractivity contribution in [3.05, 3.63) is 11.6 Å². The number of piperidine rings is 1. The van der Waals surface area contributed by atoms with Crippen LogP contribution in [0.4, 0.5) is 0 Å². The molecule has 3 heterocycles. The van der Waals surface area contributed by atoms with Crippen LogP contribution in [0.15, 0.2) is 0 Å². The molecular weight excluding hydrogens is 322 g/mol. The van der Waals surface area contributed by atoms with Crippen LogP contribution in [-0.2, 0) is 27.9 Å². The van der Waals surface area contributed by atoms with E-state index in [-0.39, 0.29) is 11.8 Å². The van der Waals surface area contributed by atoms with Crippen molar-refractivity contribution in [1.29, 1.82) is 0 Å². The molecule has 2 saturated heterocycles. The van der Waals surface area contributed by atoms with Crippen LogP contribution in [0.2, 0.25) is 0 Å². The van der Waals surface area contributed by atoms with E-state index in [0.717, 1.165) is 70.4 Å². The van der Waals surface area contributed by atoms with Crippen molar-refractivity contribution in [2.24, 2.45) is 7.05 Å². The van der Waals surface area contributed by atoms with Crippen LogP contribution in [0.25, 0.3) is 0 Å². The lowest BCUT2D eigenvalue weighted by Gasteiger charge is -2.32. The highest BCUT2D eigenvalue weighted by molar-refractivity contribution is 5.76. The lowest BCUT2D eigenvalue weighted by molar-refractivity contribution is -0.133. The van der Waals surface area contributed by atoms with Gasteiger partial charge in [-0.25, -0.2) is 0 Å². The Kier molecular flexibility index (Phi) is 6.39. The number of carbonyl (C=O) groups excluding carboxylic acids is 1. The lowest BCUT2D eigenvalue weighted by atomic mass is 9.97. The fourth-order valence-corrected chi connectivity index (χ4v) is 3.59. The molecule has 0 bridgehead atoms. The van der Waals surface area contributed by atoms with Crippen molar-refractivity contribution in [2.45, 2.75) is 31.7 Å². The molecule has 1 atom stereocenters. The van der Waals surface area contributed by atoms with Gasteiger partial charge in [0.05, 0.1) is 32.8 Å². The average Bonchev–Trinajstić information content (AvgIpc) is 3.01. The topological polar surface area (TPSA) is 72.7 Å². The molecule has 1 aromatic heterocycles. The molecule has 0 aromatic carbocycles. The summed E-state index contributed by atoms with van der Waals surface area (Å²) in [5, 5.41) is 8.86. The number of aromatic nitrogens is 3. The van der Waals surface area contributed by atoms with Crippen molar-refractivity contribution < 1.29 is 14.3 Å². The van der Waals surface area contributed by atoms with Gasteiger partial charge in [0.25, 0.3) is 0 Å². The molecule has 8 heteroatoms. The van der Waals surface area contributed by atoms with E-state index < -0.39 is 0 Å². The highest BCUT2D eigenvalue weighted by Gasteiger charge is 2.28. The summed E-state index contributed by atoms with van der Waals surface area (Å²) in [6.45, 7) is 6.28. The highest BCUT2D eigenvalue weighted by Crippen LogP contribution is 2.26. The zero-order valence-electron chi connectivity index (χ0n) is 15.3. The summed E-state index contributed by atoms with van der Waals surface area (Å²) >= 11 is 0. The summed E-state index contributed by atoms with van der Waals surface area (Å²) in [5.41, 5.74) is 0. The number of carbonyl (C=O) groups is 1. The summed E-state index contributed by atoms with van der Waals surface area (Å²) in [4.78, 5) is 16.6. The molecule has 0 radical (unpaired) electrons. The number of hydrogen-bond donors (Lipinski definition) is 0. The van der Waals surface area contributed by atoms with E-state index >= 15 is 0 Å². The summed E-state index contributed by atoms with van der Waals surface area (Å²) in [6, 6.07) is 0. The Labute approximate surface area is 149 Å². The van der Waals surface area contributed by atoms with Crippen LogP contribution >= 0.6 is 0 Å². The van der Waals surface area contributed by atoms with Crippen LogP contribution in [-0.4, -0.2) is 83.6 Å². The van der Waals surface area contributed by atoms with Gasteiger partial charge in [0.2, 0.25) is 5.91 Å². The average molecular weight is 351 g/mol. The molecule has 1 aromatic rings. The molecule has 2 fully saturated rings. The van der Waals surface area contributed by atoms with Gasteiger partial charge in [-0.15, -0.1) is 10.2 Å². The van der Waals surface area contributed by atoms with Crippen LogP contribution in [0.3, 0.4) is 0 Å². The maximum absolute atomic E-state index is 12.3. The summed E-state index contributed by atoms with van der Waals surface area (Å²) in [5.74, 6) is 2.41. The molecular formula is C17H29N5O3. The number of amides is 1. The molecule has 3 rings (SSSR count). The maximum Gasteiger partial charge on any atom is 0.224 e. The highest BCUT2D eigenvalue weighted by atomic mass is 16.5. The Morgan fingerprint density at radius 1 is 1.28 bits per heavy atom. The molecule has 25 heavy (non-hydrogen) atoms. The quantitative estimate of drug-likeness (QED) is 0.738. The second-order valence-electron chi connectivity index (χ2n) is 6.84. The monoisotopic (exact) mass is 351 g/mol. The third-order valence-electron chi connectivity index (χ3n) is 5.13. The van der Waals surface area contributed by atoms with E-state index in [4.69, 9.17) is 9.47 Å². The Morgan fingerprint density at radius 2 is 2.08 bits per heavy atom. The van der Waals surface area contributed by atoms with Gasteiger partial charge in [-0.1, -0.05) is 0 Å². The summed E-state index contributed by atoms with van der Waals surface area (Å²) in [7, 11) is 3.67. The SMILES string of the molecule is COCCC(=O)N1CCC[C@@H](c2nnc(CN3CCOCC3)n2C)C1. The van der Waals surface area contributed by atoms with Crippen LogP contribution in [0.1, 0.15) is 36.8 Å². The number of hydrogen-bond acceptors (Lipinski definition) is 6. The second-order valence-corrected chi connectivity index (χ2v) is 6.84. The fourth-order valence-electron chi connectivity index (χ4n) is 3.59. The third-order valence-corrected chi connectivity index (χ3v) is 5.13. The van der Waals surface area contributed by atoms with E-state index in [2.05, 4.69) is 19.7 Å². The summed E-state index contributed by atoms with van der Waals surface area (Å²) in [6.07, 6.45) is 2.51. The Balaban J connectivity index is 1.62. The normalized spacial score (nSPS) is 22.3. The minimum Gasteiger partial charge on any atom is -0.384 e. The van der Waals surface area contributed by atoms with E-state index in [1.165, 1.54) is 0 Å². The van der Waals surface area contributed by atoms with E-state index in [1.807, 2.05) is 11.9 Å². The minimum absolute atomic E-state index is 0.169. The predicted octanol–water partition coefficient (Wildman–Crippen LogP) is 0.390. The van der Waals surface area contributed by atoms with Crippen molar-refractivity contribution in [1.82, 2.24) is 24.6 Å². The number of methoxy groups -OCH3 is 1. The molecule has 8 nitrogen and oxygen atoms in total. The van der Waals surface area contributed by atoms with Gasteiger partial charge in [-0.05, 0) is 12.8 Å². The first-order valence-electron chi connectivity index (χ1n) is 9.14. The molecule has 0 N–H and O–H groups in total. The van der Waals surface area contributed by atoms with Crippen molar-refractivity contribution in [3.63, 3.8) is 0 Å². The molecule has 2 aliphatic rings. The number of nitrogens with zero attached hydrogens (tertiary/aromatic N) is 5.